The molecule has 0 aliphatic carbocycles. The summed E-state index contributed by atoms with van der Waals surface area (Å²) in [5.74, 6) is 0.299. The number of hydrogen-bond donors (Lipinski definition) is 1. The number of rotatable bonds is 7. The van der Waals surface area contributed by atoms with Gasteiger partial charge in [-0.05, 0) is 24.9 Å². The molecule has 2 atom stereocenters. The highest BCUT2D eigenvalue weighted by Gasteiger charge is 2.27. The second-order valence-electron chi connectivity index (χ2n) is 5.30. The van der Waals surface area contributed by atoms with Crippen molar-refractivity contribution in [3.63, 3.8) is 0 Å². The molecule has 0 radical (unpaired) electrons. The molecule has 0 spiro atoms. The molecule has 19 heavy (non-hydrogen) atoms. The van der Waals surface area contributed by atoms with Gasteiger partial charge in [-0.1, -0.05) is 51.1 Å². The molecule has 0 aromatic heterocycles. The summed E-state index contributed by atoms with van der Waals surface area (Å²) in [5.41, 5.74) is 1.03. The molecule has 1 N–H and O–H groups in total. The van der Waals surface area contributed by atoms with E-state index in [4.69, 9.17) is 0 Å². The molecule has 108 valence electrons. The minimum Gasteiger partial charge on any atom is -0.309 e. The summed E-state index contributed by atoms with van der Waals surface area (Å²) in [6, 6.07) is 9.65. The molecule has 1 aromatic carbocycles. The van der Waals surface area contributed by atoms with E-state index < -0.39 is 9.84 Å². The third kappa shape index (κ3) is 4.62. The van der Waals surface area contributed by atoms with Gasteiger partial charge < -0.3 is 5.32 Å². The van der Waals surface area contributed by atoms with Crippen LogP contribution in [-0.4, -0.2) is 26.0 Å². The summed E-state index contributed by atoms with van der Waals surface area (Å²) in [5, 5.41) is 2.96. The first-order chi connectivity index (χ1) is 8.88. The lowest BCUT2D eigenvalue weighted by Gasteiger charge is -2.22. The lowest BCUT2D eigenvalue weighted by molar-refractivity contribution is 0.526. The summed E-state index contributed by atoms with van der Waals surface area (Å²) >= 11 is 0. The predicted octanol–water partition coefficient (Wildman–Crippen LogP) is 2.80. The lowest BCUT2D eigenvalue weighted by atomic mass is 10.1. The minimum atomic E-state index is -3.09. The molecule has 0 saturated carbocycles. The molecule has 0 saturated heterocycles. The first kappa shape index (κ1) is 16.2. The molecule has 4 heteroatoms. The fourth-order valence-electron chi connectivity index (χ4n) is 2.00. The van der Waals surface area contributed by atoms with Gasteiger partial charge in [-0.25, -0.2) is 8.42 Å². The van der Waals surface area contributed by atoms with E-state index in [0.717, 1.165) is 12.1 Å². The predicted molar refractivity (Wildman–Crippen MR) is 80.9 cm³/mol. The topological polar surface area (TPSA) is 46.2 Å². The van der Waals surface area contributed by atoms with Crippen LogP contribution in [0.4, 0.5) is 0 Å². The molecule has 2 unspecified atom stereocenters. The third-order valence-electron chi connectivity index (χ3n) is 3.56. The van der Waals surface area contributed by atoms with E-state index in [1.165, 1.54) is 0 Å². The van der Waals surface area contributed by atoms with Crippen molar-refractivity contribution in [1.82, 2.24) is 5.32 Å². The van der Waals surface area contributed by atoms with Gasteiger partial charge in [0.1, 0.15) is 0 Å². The Bertz CT molecular complexity index is 468. The Morgan fingerprint density at radius 3 is 2.16 bits per heavy atom. The highest BCUT2D eigenvalue weighted by Crippen LogP contribution is 2.20. The average Bonchev–Trinajstić information content (AvgIpc) is 2.38. The van der Waals surface area contributed by atoms with Gasteiger partial charge >= 0.3 is 0 Å². The van der Waals surface area contributed by atoms with Gasteiger partial charge in [-0.15, -0.1) is 0 Å². The van der Waals surface area contributed by atoms with Gasteiger partial charge in [-0.2, -0.15) is 0 Å². The minimum absolute atomic E-state index is 0.127. The van der Waals surface area contributed by atoms with Gasteiger partial charge in [0.2, 0.25) is 0 Å². The highest BCUT2D eigenvalue weighted by molar-refractivity contribution is 7.92. The van der Waals surface area contributed by atoms with Crippen molar-refractivity contribution in [1.29, 1.82) is 0 Å². The molecule has 3 nitrogen and oxygen atoms in total. The van der Waals surface area contributed by atoms with Crippen LogP contribution in [0.15, 0.2) is 30.3 Å². The Morgan fingerprint density at radius 1 is 1.11 bits per heavy atom. The van der Waals surface area contributed by atoms with Gasteiger partial charge in [0.25, 0.3) is 0 Å². The smallest absolute Gasteiger partial charge is 0.155 e. The maximum Gasteiger partial charge on any atom is 0.155 e. The summed E-state index contributed by atoms with van der Waals surface area (Å²) in [6.45, 7) is 8.45. The Balaban J connectivity index is 2.91. The van der Waals surface area contributed by atoms with Crippen LogP contribution in [0.5, 0.6) is 0 Å². The van der Waals surface area contributed by atoms with Crippen molar-refractivity contribution in [2.24, 2.45) is 5.92 Å². The standard InChI is InChI=1S/C15H25NO2S/c1-5-16-15(14-9-7-6-8-10-14)11-19(17,18)13(4)12(2)3/h6-10,12-13,15-16H,5,11H2,1-4H3. The van der Waals surface area contributed by atoms with Gasteiger partial charge in [0, 0.05) is 6.04 Å². The third-order valence-corrected chi connectivity index (χ3v) is 6.03. The fourth-order valence-corrected chi connectivity index (χ4v) is 3.91. The zero-order valence-corrected chi connectivity index (χ0v) is 13.1. The highest BCUT2D eigenvalue weighted by atomic mass is 32.2. The summed E-state index contributed by atoms with van der Waals surface area (Å²) in [6.07, 6.45) is 0. The zero-order valence-electron chi connectivity index (χ0n) is 12.3. The molecule has 0 bridgehead atoms. The molecular weight excluding hydrogens is 258 g/mol. The van der Waals surface area contributed by atoms with Crippen molar-refractivity contribution in [2.75, 3.05) is 12.3 Å². The van der Waals surface area contributed by atoms with E-state index in [-0.39, 0.29) is 23.0 Å². The number of hydrogen-bond acceptors (Lipinski definition) is 3. The van der Waals surface area contributed by atoms with Crippen LogP contribution in [0.25, 0.3) is 0 Å². The van der Waals surface area contributed by atoms with Gasteiger partial charge in [0.05, 0.1) is 11.0 Å². The zero-order chi connectivity index (χ0) is 14.5. The van der Waals surface area contributed by atoms with E-state index in [1.807, 2.05) is 51.1 Å². The van der Waals surface area contributed by atoms with Crippen LogP contribution in [0, 0.1) is 5.92 Å². The summed E-state index contributed by atoms with van der Waals surface area (Å²) in [4.78, 5) is 0. The lowest BCUT2D eigenvalue weighted by Crippen LogP contribution is -2.34. The quantitative estimate of drug-likeness (QED) is 0.837. The molecule has 0 aliphatic heterocycles. The first-order valence-corrected chi connectivity index (χ1v) is 8.60. The summed E-state index contributed by atoms with van der Waals surface area (Å²) in [7, 11) is -3.09. The Morgan fingerprint density at radius 2 is 1.68 bits per heavy atom. The Labute approximate surface area is 117 Å². The van der Waals surface area contributed by atoms with Gasteiger partial charge in [0.15, 0.2) is 9.84 Å². The van der Waals surface area contributed by atoms with E-state index in [0.29, 0.717) is 0 Å². The van der Waals surface area contributed by atoms with E-state index >= 15 is 0 Å². The van der Waals surface area contributed by atoms with Crippen LogP contribution >= 0.6 is 0 Å². The number of benzene rings is 1. The Hall–Kier alpha value is -0.870. The first-order valence-electron chi connectivity index (χ1n) is 6.88. The van der Waals surface area contributed by atoms with Crippen LogP contribution in [0.2, 0.25) is 0 Å². The molecule has 0 heterocycles. The van der Waals surface area contributed by atoms with Crippen molar-refractivity contribution >= 4 is 9.84 Å². The largest absolute Gasteiger partial charge is 0.309 e. The molecule has 0 fully saturated rings. The molecule has 1 rings (SSSR count). The van der Waals surface area contributed by atoms with Crippen LogP contribution < -0.4 is 5.32 Å². The van der Waals surface area contributed by atoms with Crippen molar-refractivity contribution in [2.45, 2.75) is 39.0 Å². The maximum atomic E-state index is 12.4. The van der Waals surface area contributed by atoms with Gasteiger partial charge in [-0.3, -0.25) is 0 Å². The molecule has 0 amide bonds. The van der Waals surface area contributed by atoms with Crippen LogP contribution in [-0.2, 0) is 9.84 Å². The number of nitrogens with one attached hydrogen (secondary N) is 1. The fraction of sp³-hybridized carbons (Fsp3) is 0.600. The summed E-state index contributed by atoms with van der Waals surface area (Å²) < 4.78 is 24.8. The Kier molecular flexibility index (Phi) is 6.01. The second-order valence-corrected chi connectivity index (χ2v) is 7.70. The van der Waals surface area contributed by atoms with Crippen molar-refractivity contribution in [3.8, 4) is 0 Å². The second kappa shape index (κ2) is 7.06. The maximum absolute atomic E-state index is 12.4. The normalized spacial score (nSPS) is 15.4. The van der Waals surface area contributed by atoms with Crippen molar-refractivity contribution in [3.05, 3.63) is 35.9 Å². The average molecular weight is 283 g/mol. The number of sulfone groups is 1. The van der Waals surface area contributed by atoms with E-state index in [1.54, 1.807) is 6.92 Å². The van der Waals surface area contributed by atoms with E-state index in [9.17, 15) is 8.42 Å². The molecule has 0 aliphatic rings. The van der Waals surface area contributed by atoms with Crippen molar-refractivity contribution < 1.29 is 8.42 Å². The SMILES string of the molecule is CCNC(CS(=O)(=O)C(C)C(C)C)c1ccccc1. The van der Waals surface area contributed by atoms with Crippen LogP contribution in [0.1, 0.15) is 39.3 Å². The molecular formula is C15H25NO2S. The monoisotopic (exact) mass is 283 g/mol. The molecule has 1 aromatic rings. The van der Waals surface area contributed by atoms with Crippen LogP contribution in [0.3, 0.4) is 0 Å². The van der Waals surface area contributed by atoms with E-state index in [2.05, 4.69) is 5.32 Å².